The number of carboxylic acids is 1. The Morgan fingerprint density at radius 2 is 2.24 bits per heavy atom. The summed E-state index contributed by atoms with van der Waals surface area (Å²) < 4.78 is 4.83. The van der Waals surface area contributed by atoms with Gasteiger partial charge < -0.3 is 15.2 Å². The SMILES string of the molecule is C=CCOC(=O)NC(C)(CC(=O)O)C1CCC1. The van der Waals surface area contributed by atoms with Gasteiger partial charge in [-0.25, -0.2) is 4.79 Å². The number of aliphatic carboxylic acids is 1. The number of carbonyl (C=O) groups excluding carboxylic acids is 1. The Labute approximate surface area is 101 Å². The fourth-order valence-corrected chi connectivity index (χ4v) is 2.05. The summed E-state index contributed by atoms with van der Waals surface area (Å²) in [5, 5.41) is 11.6. The molecule has 0 spiro atoms. The number of ether oxygens (including phenoxy) is 1. The number of carboxylic acid groups (broad SMARTS) is 1. The summed E-state index contributed by atoms with van der Waals surface area (Å²) in [5.74, 6) is -0.696. The molecule has 1 rings (SSSR count). The van der Waals surface area contributed by atoms with E-state index in [-0.39, 0.29) is 18.9 Å². The molecular weight excluding hydrogens is 222 g/mol. The van der Waals surface area contributed by atoms with E-state index in [0.29, 0.717) is 0 Å². The predicted octanol–water partition coefficient (Wildman–Crippen LogP) is 1.93. The van der Waals surface area contributed by atoms with Crippen molar-refractivity contribution in [3.8, 4) is 0 Å². The molecule has 1 amide bonds. The summed E-state index contributed by atoms with van der Waals surface area (Å²) >= 11 is 0. The first-order valence-electron chi connectivity index (χ1n) is 5.75. The Balaban J connectivity index is 2.59. The molecular formula is C12H19NO4. The molecule has 2 N–H and O–H groups in total. The smallest absolute Gasteiger partial charge is 0.407 e. The van der Waals surface area contributed by atoms with Crippen molar-refractivity contribution in [3.05, 3.63) is 12.7 Å². The highest BCUT2D eigenvalue weighted by Crippen LogP contribution is 2.38. The van der Waals surface area contributed by atoms with E-state index in [0.717, 1.165) is 19.3 Å². The average molecular weight is 241 g/mol. The molecule has 1 fully saturated rings. The second-order valence-electron chi connectivity index (χ2n) is 4.63. The number of alkyl carbamates (subject to hydrolysis) is 1. The number of carbonyl (C=O) groups is 2. The summed E-state index contributed by atoms with van der Waals surface area (Å²) in [6, 6.07) is 0. The van der Waals surface area contributed by atoms with Crippen molar-refractivity contribution in [2.45, 2.75) is 38.1 Å². The first-order valence-corrected chi connectivity index (χ1v) is 5.75. The van der Waals surface area contributed by atoms with Crippen molar-refractivity contribution in [1.82, 2.24) is 5.32 Å². The summed E-state index contributed by atoms with van der Waals surface area (Å²) in [7, 11) is 0. The monoisotopic (exact) mass is 241 g/mol. The molecule has 0 radical (unpaired) electrons. The van der Waals surface area contributed by atoms with E-state index in [2.05, 4.69) is 11.9 Å². The van der Waals surface area contributed by atoms with Crippen LogP contribution >= 0.6 is 0 Å². The first kappa shape index (κ1) is 13.5. The van der Waals surface area contributed by atoms with Gasteiger partial charge in [-0.15, -0.1) is 0 Å². The van der Waals surface area contributed by atoms with Crippen LogP contribution in [0.1, 0.15) is 32.6 Å². The van der Waals surface area contributed by atoms with Gasteiger partial charge in [-0.3, -0.25) is 4.79 Å². The molecule has 0 aromatic rings. The van der Waals surface area contributed by atoms with Crippen LogP contribution < -0.4 is 5.32 Å². The Morgan fingerprint density at radius 1 is 1.59 bits per heavy atom. The standard InChI is InChI=1S/C12H19NO4/c1-3-7-17-11(16)13-12(2,8-10(14)15)9-5-4-6-9/h3,9H,1,4-8H2,2H3,(H,13,16)(H,14,15). The van der Waals surface area contributed by atoms with Crippen molar-refractivity contribution in [1.29, 1.82) is 0 Å². The predicted molar refractivity (Wildman–Crippen MR) is 62.7 cm³/mol. The normalized spacial score (nSPS) is 18.6. The van der Waals surface area contributed by atoms with Crippen LogP contribution in [0.5, 0.6) is 0 Å². The number of rotatable bonds is 6. The maximum Gasteiger partial charge on any atom is 0.407 e. The van der Waals surface area contributed by atoms with Gasteiger partial charge in [0.2, 0.25) is 0 Å². The summed E-state index contributed by atoms with van der Waals surface area (Å²) in [6.45, 7) is 5.33. The van der Waals surface area contributed by atoms with Crippen LogP contribution in [0.3, 0.4) is 0 Å². The second-order valence-corrected chi connectivity index (χ2v) is 4.63. The molecule has 0 bridgehead atoms. The molecule has 96 valence electrons. The molecule has 0 aromatic heterocycles. The largest absolute Gasteiger partial charge is 0.481 e. The minimum absolute atomic E-state index is 0.0825. The zero-order valence-electron chi connectivity index (χ0n) is 10.1. The Bertz CT molecular complexity index is 312. The fraction of sp³-hybridized carbons (Fsp3) is 0.667. The number of amides is 1. The molecule has 1 aliphatic rings. The molecule has 0 heterocycles. The van der Waals surface area contributed by atoms with Crippen LogP contribution in [0.4, 0.5) is 4.79 Å². The van der Waals surface area contributed by atoms with E-state index in [1.807, 2.05) is 0 Å². The van der Waals surface area contributed by atoms with Crippen molar-refractivity contribution >= 4 is 12.1 Å². The van der Waals surface area contributed by atoms with Gasteiger partial charge in [0.25, 0.3) is 0 Å². The zero-order chi connectivity index (χ0) is 12.9. The Hall–Kier alpha value is -1.52. The van der Waals surface area contributed by atoms with Gasteiger partial charge in [0.15, 0.2) is 0 Å². The molecule has 1 unspecified atom stereocenters. The summed E-state index contributed by atoms with van der Waals surface area (Å²) in [5.41, 5.74) is -0.720. The fourth-order valence-electron chi connectivity index (χ4n) is 2.05. The van der Waals surface area contributed by atoms with Crippen LogP contribution in [-0.2, 0) is 9.53 Å². The molecule has 0 aromatic carbocycles. The molecule has 1 aliphatic carbocycles. The molecule has 17 heavy (non-hydrogen) atoms. The third kappa shape index (κ3) is 3.76. The molecule has 0 aliphatic heterocycles. The number of nitrogens with one attached hydrogen (secondary N) is 1. The van der Waals surface area contributed by atoms with E-state index in [1.54, 1.807) is 6.92 Å². The quantitative estimate of drug-likeness (QED) is 0.697. The number of hydrogen-bond acceptors (Lipinski definition) is 3. The highest BCUT2D eigenvalue weighted by atomic mass is 16.5. The van der Waals surface area contributed by atoms with Crippen LogP contribution in [0.15, 0.2) is 12.7 Å². The summed E-state index contributed by atoms with van der Waals surface area (Å²) in [6.07, 6.45) is 3.79. The molecule has 5 heteroatoms. The van der Waals surface area contributed by atoms with Crippen molar-refractivity contribution in [2.75, 3.05) is 6.61 Å². The third-order valence-electron chi connectivity index (χ3n) is 3.24. The lowest BCUT2D eigenvalue weighted by molar-refractivity contribution is -0.139. The first-order chi connectivity index (χ1) is 7.98. The van der Waals surface area contributed by atoms with E-state index >= 15 is 0 Å². The number of hydrogen-bond donors (Lipinski definition) is 2. The average Bonchev–Trinajstić information content (AvgIpc) is 2.09. The van der Waals surface area contributed by atoms with Gasteiger partial charge >= 0.3 is 12.1 Å². The van der Waals surface area contributed by atoms with Gasteiger partial charge in [0, 0.05) is 0 Å². The minimum atomic E-state index is -0.913. The Kier molecular flexibility index (Phi) is 4.54. The van der Waals surface area contributed by atoms with Gasteiger partial charge in [-0.2, -0.15) is 0 Å². The molecule has 1 saturated carbocycles. The minimum Gasteiger partial charge on any atom is -0.481 e. The van der Waals surface area contributed by atoms with E-state index in [1.165, 1.54) is 6.08 Å². The topological polar surface area (TPSA) is 75.6 Å². The highest BCUT2D eigenvalue weighted by Gasteiger charge is 2.41. The van der Waals surface area contributed by atoms with E-state index < -0.39 is 17.6 Å². The lowest BCUT2D eigenvalue weighted by Crippen LogP contribution is -2.54. The van der Waals surface area contributed by atoms with Gasteiger partial charge in [0.1, 0.15) is 6.61 Å². The lowest BCUT2D eigenvalue weighted by atomic mass is 9.70. The highest BCUT2D eigenvalue weighted by molar-refractivity contribution is 5.72. The second kappa shape index (κ2) is 5.70. The van der Waals surface area contributed by atoms with Gasteiger partial charge in [0.05, 0.1) is 12.0 Å². The zero-order valence-corrected chi connectivity index (χ0v) is 10.1. The van der Waals surface area contributed by atoms with Crippen LogP contribution in [0.25, 0.3) is 0 Å². The van der Waals surface area contributed by atoms with Crippen molar-refractivity contribution in [2.24, 2.45) is 5.92 Å². The molecule has 5 nitrogen and oxygen atoms in total. The molecule has 1 atom stereocenters. The van der Waals surface area contributed by atoms with Crippen LogP contribution in [-0.4, -0.2) is 29.3 Å². The maximum absolute atomic E-state index is 11.5. The Morgan fingerprint density at radius 3 is 2.65 bits per heavy atom. The van der Waals surface area contributed by atoms with E-state index in [4.69, 9.17) is 9.84 Å². The van der Waals surface area contributed by atoms with Crippen molar-refractivity contribution < 1.29 is 19.4 Å². The third-order valence-corrected chi connectivity index (χ3v) is 3.24. The molecule has 0 saturated heterocycles. The van der Waals surface area contributed by atoms with Crippen LogP contribution in [0, 0.1) is 5.92 Å². The van der Waals surface area contributed by atoms with Crippen molar-refractivity contribution in [3.63, 3.8) is 0 Å². The maximum atomic E-state index is 11.5. The van der Waals surface area contributed by atoms with Gasteiger partial charge in [-0.1, -0.05) is 19.1 Å². The lowest BCUT2D eigenvalue weighted by Gasteiger charge is -2.42. The van der Waals surface area contributed by atoms with Crippen LogP contribution in [0.2, 0.25) is 0 Å². The van der Waals surface area contributed by atoms with Gasteiger partial charge in [-0.05, 0) is 25.7 Å². The van der Waals surface area contributed by atoms with E-state index in [9.17, 15) is 9.59 Å². The summed E-state index contributed by atoms with van der Waals surface area (Å²) in [4.78, 5) is 22.3.